The Labute approximate surface area is 92.4 Å². The van der Waals surface area contributed by atoms with E-state index in [-0.39, 0.29) is 0 Å². The van der Waals surface area contributed by atoms with Crippen molar-refractivity contribution < 1.29 is 0 Å². The van der Waals surface area contributed by atoms with Crippen molar-refractivity contribution in [3.8, 4) is 0 Å². The van der Waals surface area contributed by atoms with E-state index in [1.54, 1.807) is 17.3 Å². The van der Waals surface area contributed by atoms with Gasteiger partial charge in [-0.15, -0.1) is 0 Å². The summed E-state index contributed by atoms with van der Waals surface area (Å²) in [5.41, 5.74) is 3.94. The number of nitrogens with one attached hydrogen (secondary N) is 1. The fourth-order valence-electron chi connectivity index (χ4n) is 1.18. The molecular weight excluding hydrogens is 219 g/mol. The van der Waals surface area contributed by atoms with Crippen LogP contribution >= 0.6 is 23.2 Å². The number of halogens is 2. The van der Waals surface area contributed by atoms with E-state index < -0.39 is 0 Å². The van der Waals surface area contributed by atoms with E-state index >= 15 is 0 Å². The molecule has 14 heavy (non-hydrogen) atoms. The fourth-order valence-corrected chi connectivity index (χ4v) is 1.54. The molecule has 1 heterocycles. The van der Waals surface area contributed by atoms with Gasteiger partial charge in [0.05, 0.1) is 10.7 Å². The van der Waals surface area contributed by atoms with Crippen LogP contribution in [0.5, 0.6) is 0 Å². The molecule has 0 aliphatic carbocycles. The number of para-hydroxylation sites is 1. The Morgan fingerprint density at radius 1 is 1.07 bits per heavy atom. The first kappa shape index (κ1) is 9.44. The number of benzene rings is 1. The summed E-state index contributed by atoms with van der Waals surface area (Å²) in [6.07, 6.45) is 3.45. The smallest absolute Gasteiger partial charge is 0.147 e. The average molecular weight is 227 g/mol. The molecule has 0 amide bonds. The second kappa shape index (κ2) is 3.95. The molecule has 2 nitrogen and oxygen atoms in total. The lowest BCUT2D eigenvalue weighted by atomic mass is 10.3. The molecule has 1 aliphatic rings. The summed E-state index contributed by atoms with van der Waals surface area (Å²) >= 11 is 11.9. The molecule has 0 saturated heterocycles. The minimum absolute atomic E-state index is 0.473. The highest BCUT2D eigenvalue weighted by Crippen LogP contribution is 2.26. The normalized spacial score (nSPS) is 15.7. The van der Waals surface area contributed by atoms with Crippen molar-refractivity contribution in [3.05, 3.63) is 52.8 Å². The maximum absolute atomic E-state index is 6.03. The molecule has 4 heteroatoms. The zero-order chi connectivity index (χ0) is 9.97. The Morgan fingerprint density at radius 3 is 2.50 bits per heavy atom. The second-order valence-corrected chi connectivity index (χ2v) is 3.54. The number of anilines is 1. The van der Waals surface area contributed by atoms with Crippen molar-refractivity contribution >= 4 is 28.9 Å². The van der Waals surface area contributed by atoms with Crippen LogP contribution in [0, 0.1) is 0 Å². The zero-order valence-corrected chi connectivity index (χ0v) is 8.76. The standard InChI is InChI=1S/C10H8Cl2N2/c11-9-6-7-13-14(10(9)12)8-4-2-1-3-5-8/h1-7,13H. The molecule has 2 rings (SSSR count). The molecule has 0 bridgehead atoms. The monoisotopic (exact) mass is 226 g/mol. The Bertz CT molecular complexity index is 384. The Morgan fingerprint density at radius 2 is 1.79 bits per heavy atom. The van der Waals surface area contributed by atoms with Crippen LogP contribution in [0.1, 0.15) is 0 Å². The Kier molecular flexibility index (Phi) is 2.66. The van der Waals surface area contributed by atoms with Crippen LogP contribution in [-0.4, -0.2) is 0 Å². The summed E-state index contributed by atoms with van der Waals surface area (Å²) in [6.45, 7) is 0. The summed E-state index contributed by atoms with van der Waals surface area (Å²) in [5, 5.41) is 2.71. The van der Waals surface area contributed by atoms with Crippen molar-refractivity contribution in [1.82, 2.24) is 5.43 Å². The molecule has 1 aromatic rings. The highest BCUT2D eigenvalue weighted by Gasteiger charge is 2.14. The summed E-state index contributed by atoms with van der Waals surface area (Å²) < 4.78 is 0. The van der Waals surface area contributed by atoms with Crippen LogP contribution in [0.3, 0.4) is 0 Å². The Hall–Kier alpha value is -1.12. The van der Waals surface area contributed by atoms with Gasteiger partial charge in [0.25, 0.3) is 0 Å². The van der Waals surface area contributed by atoms with Gasteiger partial charge >= 0.3 is 0 Å². The third kappa shape index (κ3) is 1.72. The topological polar surface area (TPSA) is 15.3 Å². The SMILES string of the molecule is ClC1=C(Cl)N(c2ccccc2)NC=C1. The van der Waals surface area contributed by atoms with Gasteiger partial charge in [-0.05, 0) is 18.2 Å². The van der Waals surface area contributed by atoms with Crippen LogP contribution in [0.2, 0.25) is 0 Å². The number of allylic oxidation sites excluding steroid dienone is 2. The summed E-state index contributed by atoms with van der Waals surface area (Å²) in [7, 11) is 0. The number of hydrogen-bond donors (Lipinski definition) is 1. The van der Waals surface area contributed by atoms with Crippen molar-refractivity contribution in [2.24, 2.45) is 0 Å². The summed E-state index contributed by atoms with van der Waals surface area (Å²) in [4.78, 5) is 0. The van der Waals surface area contributed by atoms with Crippen LogP contribution in [0.25, 0.3) is 0 Å². The summed E-state index contributed by atoms with van der Waals surface area (Å²) in [5.74, 6) is 0. The highest BCUT2D eigenvalue weighted by molar-refractivity contribution is 6.41. The van der Waals surface area contributed by atoms with E-state index in [9.17, 15) is 0 Å². The lowest BCUT2D eigenvalue weighted by molar-refractivity contribution is 0.852. The predicted octanol–water partition coefficient (Wildman–Crippen LogP) is 3.17. The molecule has 0 atom stereocenters. The summed E-state index contributed by atoms with van der Waals surface area (Å²) in [6, 6.07) is 9.71. The number of hydrazine groups is 1. The van der Waals surface area contributed by atoms with Crippen LogP contribution in [0.15, 0.2) is 52.8 Å². The third-order valence-electron chi connectivity index (χ3n) is 1.84. The maximum atomic E-state index is 6.03. The molecule has 0 saturated carbocycles. The molecule has 1 N–H and O–H groups in total. The van der Waals surface area contributed by atoms with Gasteiger partial charge in [0.2, 0.25) is 0 Å². The van der Waals surface area contributed by atoms with Gasteiger partial charge in [0.1, 0.15) is 5.16 Å². The van der Waals surface area contributed by atoms with Gasteiger partial charge in [-0.25, -0.2) is 5.01 Å². The minimum Gasteiger partial charge on any atom is -0.300 e. The number of rotatable bonds is 1. The maximum Gasteiger partial charge on any atom is 0.147 e. The molecule has 72 valence electrons. The molecule has 1 aromatic carbocycles. The first-order valence-corrected chi connectivity index (χ1v) is 4.88. The van der Waals surface area contributed by atoms with Crippen LogP contribution in [-0.2, 0) is 0 Å². The van der Waals surface area contributed by atoms with Crippen molar-refractivity contribution in [2.75, 3.05) is 5.01 Å². The van der Waals surface area contributed by atoms with Crippen LogP contribution < -0.4 is 10.4 Å². The van der Waals surface area contributed by atoms with Crippen molar-refractivity contribution in [3.63, 3.8) is 0 Å². The quantitative estimate of drug-likeness (QED) is 0.741. The zero-order valence-electron chi connectivity index (χ0n) is 7.24. The predicted molar refractivity (Wildman–Crippen MR) is 59.9 cm³/mol. The average Bonchev–Trinajstić information content (AvgIpc) is 2.23. The molecule has 1 aliphatic heterocycles. The molecular formula is C10H8Cl2N2. The molecule has 0 fully saturated rings. The molecule has 0 unspecified atom stereocenters. The number of hydrogen-bond acceptors (Lipinski definition) is 2. The molecule has 0 spiro atoms. The van der Waals surface area contributed by atoms with Crippen LogP contribution in [0.4, 0.5) is 5.69 Å². The molecule has 0 aromatic heterocycles. The third-order valence-corrected chi connectivity index (χ3v) is 2.62. The molecule has 0 radical (unpaired) electrons. The van der Waals surface area contributed by atoms with Gasteiger partial charge in [0.15, 0.2) is 0 Å². The van der Waals surface area contributed by atoms with E-state index in [2.05, 4.69) is 5.43 Å². The van der Waals surface area contributed by atoms with E-state index in [1.807, 2.05) is 30.3 Å². The van der Waals surface area contributed by atoms with Gasteiger partial charge < -0.3 is 5.43 Å². The van der Waals surface area contributed by atoms with Gasteiger partial charge in [-0.3, -0.25) is 0 Å². The van der Waals surface area contributed by atoms with Crippen molar-refractivity contribution in [1.29, 1.82) is 0 Å². The van der Waals surface area contributed by atoms with E-state index in [4.69, 9.17) is 23.2 Å². The fraction of sp³-hybridized carbons (Fsp3) is 0. The highest BCUT2D eigenvalue weighted by atomic mass is 35.5. The minimum atomic E-state index is 0.473. The van der Waals surface area contributed by atoms with E-state index in [0.29, 0.717) is 10.2 Å². The van der Waals surface area contributed by atoms with E-state index in [0.717, 1.165) is 5.69 Å². The van der Waals surface area contributed by atoms with Crippen molar-refractivity contribution in [2.45, 2.75) is 0 Å². The lowest BCUT2D eigenvalue weighted by Crippen LogP contribution is -2.33. The van der Waals surface area contributed by atoms with Gasteiger partial charge in [-0.2, -0.15) is 0 Å². The van der Waals surface area contributed by atoms with Gasteiger partial charge in [0, 0.05) is 6.20 Å². The second-order valence-electron chi connectivity index (χ2n) is 2.77. The van der Waals surface area contributed by atoms with Gasteiger partial charge in [-0.1, -0.05) is 41.4 Å². The first-order chi connectivity index (χ1) is 6.79. The lowest BCUT2D eigenvalue weighted by Gasteiger charge is -2.26. The number of nitrogens with zero attached hydrogens (tertiary/aromatic N) is 1. The largest absolute Gasteiger partial charge is 0.300 e. The van der Waals surface area contributed by atoms with E-state index in [1.165, 1.54) is 0 Å². The Balaban J connectivity index is 2.34. The first-order valence-electron chi connectivity index (χ1n) is 4.12.